The number of aryl methyl sites for hydroxylation is 12. The second-order valence-corrected chi connectivity index (χ2v) is 40.7. The summed E-state index contributed by atoms with van der Waals surface area (Å²) in [6, 6.07) is 33.5. The van der Waals surface area contributed by atoms with E-state index in [1.54, 1.807) is 0 Å². The van der Waals surface area contributed by atoms with E-state index in [0.717, 1.165) is 132 Å². The second kappa shape index (κ2) is 45.9. The minimum atomic E-state index is -0.0304. The Morgan fingerprint density at radius 3 is 0.857 bits per heavy atom. The van der Waals surface area contributed by atoms with Crippen LogP contribution in [0.15, 0.2) is 97.1 Å². The summed E-state index contributed by atoms with van der Waals surface area (Å²) < 4.78 is 0. The van der Waals surface area contributed by atoms with Crippen LogP contribution in [0.1, 0.15) is 423 Å². The van der Waals surface area contributed by atoms with Crippen molar-refractivity contribution in [3.05, 3.63) is 231 Å². The highest BCUT2D eigenvalue weighted by Crippen LogP contribution is 2.48. The van der Waals surface area contributed by atoms with Crippen LogP contribution in [0.2, 0.25) is 0 Å². The average Bonchev–Trinajstić information content (AvgIpc) is 0.798. The zero-order valence-electron chi connectivity index (χ0n) is 79.6. The molecule has 2 fully saturated rings. The van der Waals surface area contributed by atoms with E-state index in [0.29, 0.717) is 70.7 Å². The van der Waals surface area contributed by atoms with Crippen molar-refractivity contribution in [1.29, 1.82) is 0 Å². The Bertz CT molecular complexity index is 4250. The van der Waals surface area contributed by atoms with Gasteiger partial charge in [-0.15, -0.1) is 0 Å². The van der Waals surface area contributed by atoms with Gasteiger partial charge in [-0.25, -0.2) is 0 Å². The molecule has 656 valence electrons. The maximum absolute atomic E-state index is 11.1. The maximum atomic E-state index is 11.1. The van der Waals surface area contributed by atoms with Gasteiger partial charge in [0.15, 0.2) is 0 Å². The molecule has 0 aliphatic heterocycles. The largest absolute Gasteiger partial charge is 0.507 e. The number of hydrogen-bond donors (Lipinski definition) is 8. The zero-order chi connectivity index (χ0) is 88.6. The first-order valence-corrected chi connectivity index (χ1v) is 46.4. The van der Waals surface area contributed by atoms with Gasteiger partial charge >= 0.3 is 0 Å². The smallest absolute Gasteiger partial charge is 0.123 e. The van der Waals surface area contributed by atoms with Gasteiger partial charge in [-0.2, -0.15) is 0 Å². The predicted molar refractivity (Wildman–Crippen MR) is 509 cm³/mol. The first-order valence-electron chi connectivity index (χ1n) is 46.4. The van der Waals surface area contributed by atoms with Gasteiger partial charge in [-0.05, 0) is 243 Å². The van der Waals surface area contributed by atoms with E-state index in [1.165, 1.54) is 175 Å². The Morgan fingerprint density at radius 2 is 0.555 bits per heavy atom. The Kier molecular flexibility index (Phi) is 38.5. The lowest BCUT2D eigenvalue weighted by atomic mass is 9.78. The number of phenols is 8. The van der Waals surface area contributed by atoms with Crippen LogP contribution in [0, 0.1) is 68.2 Å². The van der Waals surface area contributed by atoms with Gasteiger partial charge in [0.05, 0.1) is 0 Å². The summed E-state index contributed by atoms with van der Waals surface area (Å²) in [5.41, 5.74) is 25.4. The third-order valence-electron chi connectivity index (χ3n) is 24.9. The normalized spacial score (nSPS) is 13.6. The number of aromatic hydroxyl groups is 8. The molecule has 8 aromatic rings. The lowest BCUT2D eigenvalue weighted by molar-refractivity contribution is 0.408. The van der Waals surface area contributed by atoms with Crippen molar-refractivity contribution < 1.29 is 40.9 Å². The molecule has 8 nitrogen and oxygen atoms in total. The summed E-state index contributed by atoms with van der Waals surface area (Å²) in [5, 5.41) is 86.3. The van der Waals surface area contributed by atoms with Gasteiger partial charge < -0.3 is 40.9 Å². The number of rotatable bonds is 26. The van der Waals surface area contributed by atoms with Crippen molar-refractivity contribution in [2.24, 2.45) is 5.92 Å². The molecule has 10 rings (SSSR count). The molecule has 0 aromatic heterocycles. The molecule has 0 heterocycles. The molecule has 0 atom stereocenters. The van der Waals surface area contributed by atoms with E-state index in [1.807, 2.05) is 52.0 Å². The van der Waals surface area contributed by atoms with Crippen molar-refractivity contribution in [3.63, 3.8) is 0 Å². The van der Waals surface area contributed by atoms with Crippen molar-refractivity contribution in [3.8, 4) is 46.0 Å². The molecule has 8 N–H and O–H groups in total. The lowest BCUT2D eigenvalue weighted by Crippen LogP contribution is -2.17. The van der Waals surface area contributed by atoms with Crippen LogP contribution in [0.4, 0.5) is 0 Å². The van der Waals surface area contributed by atoms with Crippen LogP contribution in [-0.4, -0.2) is 40.9 Å². The van der Waals surface area contributed by atoms with Gasteiger partial charge in [-0.1, -0.05) is 369 Å². The fourth-order valence-electron chi connectivity index (χ4n) is 18.3. The van der Waals surface area contributed by atoms with Crippen molar-refractivity contribution >= 4 is 0 Å². The average molecular weight is 1630 g/mol. The van der Waals surface area contributed by atoms with Crippen LogP contribution in [0.3, 0.4) is 0 Å². The predicted octanol–water partition coefficient (Wildman–Crippen LogP) is 31.3. The van der Waals surface area contributed by atoms with Crippen LogP contribution in [0.5, 0.6) is 46.0 Å². The van der Waals surface area contributed by atoms with E-state index < -0.39 is 0 Å². The lowest BCUT2D eigenvalue weighted by Gasteiger charge is -2.28. The highest BCUT2D eigenvalue weighted by atomic mass is 16.3. The highest BCUT2D eigenvalue weighted by molar-refractivity contribution is 5.57. The summed E-state index contributed by atoms with van der Waals surface area (Å²) in [7, 11) is 0. The van der Waals surface area contributed by atoms with E-state index >= 15 is 0 Å². The van der Waals surface area contributed by atoms with Crippen LogP contribution in [0.25, 0.3) is 0 Å². The standard InChI is InChI=1S/C33H52O2.C27H36O2.C20H26O2.C16H26O.C15H24O/c1-5-7-9-11-13-15-17-19-28-21-26(3)23-30(32(28)34)25-31-24-27(4)22-29(33(31)35)20-18-16-14-12-10-8-6-2;1-18-13-22(26(28)24(15-18)20-9-5-3-6-10-20)17-23-14-19(2)16-25(27(23)29)21-11-7-4-8-12-21;1-11(2)18(16-9-12(3)7-14(5)19(16)21)17-10-13(4)8-15(6)20(17)22;1-8-11-9-12(15(2,3)4)14(17)13(10-11)16(5,6)7;1-10-8-11(14(2,3)4)13(16)12(9-10)15(5,6)7/h21-24,34-35H,5-20,25H2,1-4H3;13-16,20-21,28-29H,3-12,17H2,1-2H3;7-11,18,21-22H,1-6H3;9-10,17H,8H2,1-7H3;8-9,16H,1-7H3. The van der Waals surface area contributed by atoms with Gasteiger partial charge in [0, 0.05) is 29.9 Å². The molecule has 0 amide bonds. The minimum Gasteiger partial charge on any atom is -0.507 e. The Balaban J connectivity index is 0.000000238. The maximum Gasteiger partial charge on any atom is 0.123 e. The summed E-state index contributed by atoms with van der Waals surface area (Å²) in [4.78, 5) is 0. The first-order chi connectivity index (χ1) is 55.8. The molecule has 8 heteroatoms. The Labute approximate surface area is 724 Å². The van der Waals surface area contributed by atoms with E-state index in [9.17, 15) is 40.9 Å². The summed E-state index contributed by atoms with van der Waals surface area (Å²) in [5.74, 6) is 4.57. The molecule has 119 heavy (non-hydrogen) atoms. The molecule has 0 unspecified atom stereocenters. The molecular weight excluding hydrogens is 1460 g/mol. The topological polar surface area (TPSA) is 162 Å². The van der Waals surface area contributed by atoms with Crippen molar-refractivity contribution in [1.82, 2.24) is 0 Å². The number of unbranched alkanes of at least 4 members (excludes halogenated alkanes) is 12. The monoisotopic (exact) mass is 1630 g/mol. The molecule has 2 aliphatic carbocycles. The third kappa shape index (κ3) is 29.7. The Morgan fingerprint density at radius 1 is 0.286 bits per heavy atom. The van der Waals surface area contributed by atoms with E-state index in [2.05, 4.69) is 225 Å². The van der Waals surface area contributed by atoms with Crippen LogP contribution >= 0.6 is 0 Å². The fourth-order valence-corrected chi connectivity index (χ4v) is 18.3. The van der Waals surface area contributed by atoms with E-state index in [4.69, 9.17) is 0 Å². The van der Waals surface area contributed by atoms with Gasteiger partial charge in [-0.3, -0.25) is 0 Å². The van der Waals surface area contributed by atoms with Gasteiger partial charge in [0.1, 0.15) is 46.0 Å². The van der Waals surface area contributed by atoms with Gasteiger partial charge in [0.25, 0.3) is 0 Å². The first kappa shape index (κ1) is 100.0. The quantitative estimate of drug-likeness (QED) is 0.0249. The summed E-state index contributed by atoms with van der Waals surface area (Å²) >= 11 is 0. The van der Waals surface area contributed by atoms with Crippen LogP contribution < -0.4 is 0 Å². The molecule has 8 aromatic carbocycles. The minimum absolute atomic E-state index is 0.0178. The molecule has 0 saturated heterocycles. The number of hydrogen-bond acceptors (Lipinski definition) is 8. The molecule has 0 radical (unpaired) electrons. The van der Waals surface area contributed by atoms with Crippen molar-refractivity contribution in [2.75, 3.05) is 0 Å². The number of benzene rings is 8. The third-order valence-corrected chi connectivity index (χ3v) is 24.9. The summed E-state index contributed by atoms with van der Waals surface area (Å²) in [6.07, 6.45) is 34.3. The molecule has 2 aliphatic rings. The molecule has 0 bridgehead atoms. The van der Waals surface area contributed by atoms with Gasteiger partial charge in [0.2, 0.25) is 0 Å². The highest BCUT2D eigenvalue weighted by Gasteiger charge is 2.31. The molecule has 2 saturated carbocycles. The summed E-state index contributed by atoms with van der Waals surface area (Å²) in [6.45, 7) is 55.1. The molecule has 0 spiro atoms. The number of phenolic OH excluding ortho intramolecular Hbond substituents is 8. The SMILES string of the molecule is CCCCCCCCCc1cc(C)cc(Cc2cc(C)cc(CCCCCCCCC)c2O)c1O.CCc1cc(C(C)(C)C)c(O)c(C(C)(C)C)c1.Cc1cc(C(C)(C)C)c(O)c(C(C)(C)C)c1.Cc1cc(C)c(O)c(C(c2cc(C)cc(C)c2O)C(C)C)c1.Cc1cc(Cc2cc(C)cc(C3CCCCC3)c2O)c(O)c(C2CCCCC2)c1. The van der Waals surface area contributed by atoms with Crippen LogP contribution in [-0.2, 0) is 53.8 Å². The second-order valence-electron chi connectivity index (χ2n) is 40.7. The Hall–Kier alpha value is -7.84. The zero-order valence-corrected chi connectivity index (χ0v) is 79.6. The van der Waals surface area contributed by atoms with E-state index in [-0.39, 0.29) is 33.5 Å². The molecular formula is C111H164O8. The fraction of sp³-hybridized carbons (Fsp3) is 0.568. The van der Waals surface area contributed by atoms with Crippen molar-refractivity contribution in [2.45, 2.75) is 406 Å².